The van der Waals surface area contributed by atoms with Crippen molar-refractivity contribution in [1.29, 1.82) is 5.26 Å². The number of nitrogens with zero attached hydrogens (tertiary/aromatic N) is 3. The lowest BCUT2D eigenvalue weighted by atomic mass is 10.1. The van der Waals surface area contributed by atoms with E-state index < -0.39 is 0 Å². The van der Waals surface area contributed by atoms with Crippen LogP contribution in [-0.4, -0.2) is 22.0 Å². The summed E-state index contributed by atoms with van der Waals surface area (Å²) in [6, 6.07) is 9.28. The summed E-state index contributed by atoms with van der Waals surface area (Å²) < 4.78 is 2.29. The Bertz CT molecular complexity index is 720. The molecule has 1 amide bonds. The van der Waals surface area contributed by atoms with Crippen molar-refractivity contribution in [3.05, 3.63) is 53.1 Å². The van der Waals surface area contributed by atoms with E-state index in [2.05, 4.69) is 21.8 Å². The lowest BCUT2D eigenvalue weighted by molar-refractivity contribution is 0.0954. The molecule has 3 rings (SSSR count). The van der Waals surface area contributed by atoms with Gasteiger partial charge in [0.15, 0.2) is 0 Å². The number of nitrogens with one attached hydrogen (secondary N) is 1. The Labute approximate surface area is 129 Å². The van der Waals surface area contributed by atoms with Crippen LogP contribution >= 0.6 is 0 Å². The zero-order chi connectivity index (χ0) is 15.5. The highest BCUT2D eigenvalue weighted by atomic mass is 16.1. The first-order chi connectivity index (χ1) is 10.7. The van der Waals surface area contributed by atoms with Crippen molar-refractivity contribution in [2.24, 2.45) is 0 Å². The van der Waals surface area contributed by atoms with Gasteiger partial charge in [-0.15, -0.1) is 0 Å². The summed E-state index contributed by atoms with van der Waals surface area (Å²) in [5.41, 5.74) is 2.31. The molecule has 0 atom stereocenters. The number of aryl methyl sites for hydroxylation is 1. The normalized spacial score (nSPS) is 13.6. The van der Waals surface area contributed by atoms with E-state index >= 15 is 0 Å². The van der Waals surface area contributed by atoms with Crippen LogP contribution in [0.5, 0.6) is 0 Å². The Morgan fingerprint density at radius 2 is 2.14 bits per heavy atom. The molecule has 1 aliphatic rings. The van der Waals surface area contributed by atoms with Gasteiger partial charge in [0.25, 0.3) is 5.91 Å². The van der Waals surface area contributed by atoms with Gasteiger partial charge in [-0.25, -0.2) is 4.98 Å². The van der Waals surface area contributed by atoms with Crippen LogP contribution in [0.2, 0.25) is 0 Å². The lowest BCUT2D eigenvalue weighted by Crippen LogP contribution is -2.26. The van der Waals surface area contributed by atoms with Gasteiger partial charge < -0.3 is 9.88 Å². The molecule has 1 aliphatic carbocycles. The maximum Gasteiger partial charge on any atom is 0.251 e. The summed E-state index contributed by atoms with van der Waals surface area (Å²) in [6.45, 7) is 2.63. The van der Waals surface area contributed by atoms with E-state index in [1.807, 2.05) is 12.3 Å². The third kappa shape index (κ3) is 3.01. The molecule has 0 saturated heterocycles. The second kappa shape index (κ2) is 6.02. The summed E-state index contributed by atoms with van der Waals surface area (Å²) in [5, 5.41) is 11.7. The van der Waals surface area contributed by atoms with Crippen molar-refractivity contribution in [2.75, 3.05) is 6.54 Å². The van der Waals surface area contributed by atoms with Crippen LogP contribution < -0.4 is 5.32 Å². The van der Waals surface area contributed by atoms with Crippen molar-refractivity contribution in [3.8, 4) is 6.07 Å². The van der Waals surface area contributed by atoms with Crippen LogP contribution in [0.1, 0.15) is 46.3 Å². The fourth-order valence-electron chi connectivity index (χ4n) is 2.60. The Balaban J connectivity index is 1.56. The van der Waals surface area contributed by atoms with Crippen molar-refractivity contribution in [1.82, 2.24) is 14.9 Å². The van der Waals surface area contributed by atoms with Crippen molar-refractivity contribution in [2.45, 2.75) is 32.2 Å². The molecule has 1 aromatic heterocycles. The average Bonchev–Trinajstić information content (AvgIpc) is 3.31. The monoisotopic (exact) mass is 294 g/mol. The van der Waals surface area contributed by atoms with Crippen molar-refractivity contribution in [3.63, 3.8) is 0 Å². The Morgan fingerprint density at radius 1 is 1.41 bits per heavy atom. The summed E-state index contributed by atoms with van der Waals surface area (Å²) >= 11 is 0. The molecular weight excluding hydrogens is 276 g/mol. The highest BCUT2D eigenvalue weighted by Crippen LogP contribution is 2.36. The number of hydrogen-bond donors (Lipinski definition) is 1. The Hall–Kier alpha value is -2.61. The van der Waals surface area contributed by atoms with Crippen LogP contribution in [-0.2, 0) is 6.42 Å². The number of hydrogen-bond acceptors (Lipinski definition) is 3. The van der Waals surface area contributed by atoms with Gasteiger partial charge in [0, 0.05) is 36.5 Å². The van der Waals surface area contributed by atoms with Gasteiger partial charge in [-0.05, 0) is 44.0 Å². The smallest absolute Gasteiger partial charge is 0.251 e. The van der Waals surface area contributed by atoms with Gasteiger partial charge in [0.05, 0.1) is 11.6 Å². The maximum absolute atomic E-state index is 12.0. The topological polar surface area (TPSA) is 70.7 Å². The number of imidazole rings is 1. The quantitative estimate of drug-likeness (QED) is 0.920. The fourth-order valence-corrected chi connectivity index (χ4v) is 2.60. The molecule has 0 radical (unpaired) electrons. The van der Waals surface area contributed by atoms with Crippen LogP contribution in [0.25, 0.3) is 0 Å². The largest absolute Gasteiger partial charge is 0.352 e. The predicted octanol–water partition coefficient (Wildman–Crippen LogP) is 2.37. The average molecular weight is 294 g/mol. The number of aromatic nitrogens is 2. The summed E-state index contributed by atoms with van der Waals surface area (Å²) in [6.07, 6.45) is 5.08. The molecule has 1 fully saturated rings. The van der Waals surface area contributed by atoms with E-state index in [0.29, 0.717) is 23.7 Å². The maximum atomic E-state index is 12.0. The molecule has 0 unspecified atom stereocenters. The molecule has 22 heavy (non-hydrogen) atoms. The minimum atomic E-state index is -0.120. The summed E-state index contributed by atoms with van der Waals surface area (Å²) in [4.78, 5) is 16.5. The van der Waals surface area contributed by atoms with E-state index in [4.69, 9.17) is 5.26 Å². The predicted molar refractivity (Wildman–Crippen MR) is 82.4 cm³/mol. The van der Waals surface area contributed by atoms with Gasteiger partial charge in [0.2, 0.25) is 0 Å². The molecule has 0 spiro atoms. The second-order valence-corrected chi connectivity index (χ2v) is 5.61. The second-order valence-electron chi connectivity index (χ2n) is 5.61. The van der Waals surface area contributed by atoms with Gasteiger partial charge in [-0.1, -0.05) is 0 Å². The number of carbonyl (C=O) groups excluding carboxylic acids is 1. The molecule has 2 aromatic rings. The van der Waals surface area contributed by atoms with Crippen LogP contribution in [0, 0.1) is 18.3 Å². The number of carbonyl (C=O) groups is 1. The zero-order valence-corrected chi connectivity index (χ0v) is 12.5. The minimum absolute atomic E-state index is 0.120. The van der Waals surface area contributed by atoms with Crippen molar-refractivity contribution < 1.29 is 4.79 Å². The summed E-state index contributed by atoms with van der Waals surface area (Å²) in [7, 11) is 0. The first kappa shape index (κ1) is 14.3. The number of rotatable bonds is 5. The van der Waals surface area contributed by atoms with E-state index in [1.165, 1.54) is 18.5 Å². The molecule has 0 bridgehead atoms. The molecular formula is C17H18N4O. The van der Waals surface area contributed by atoms with E-state index in [9.17, 15) is 4.79 Å². The fraction of sp³-hybridized carbons (Fsp3) is 0.353. The third-order valence-electron chi connectivity index (χ3n) is 3.88. The van der Waals surface area contributed by atoms with Crippen molar-refractivity contribution >= 4 is 5.91 Å². The first-order valence-electron chi connectivity index (χ1n) is 7.50. The summed E-state index contributed by atoms with van der Waals surface area (Å²) in [5.74, 6) is 0.922. The van der Waals surface area contributed by atoms with Gasteiger partial charge in [0.1, 0.15) is 5.82 Å². The molecule has 1 N–H and O–H groups in total. The molecule has 1 aromatic carbocycles. The lowest BCUT2D eigenvalue weighted by Gasteiger charge is -2.09. The Morgan fingerprint density at radius 3 is 2.77 bits per heavy atom. The molecule has 1 heterocycles. The zero-order valence-electron chi connectivity index (χ0n) is 12.5. The minimum Gasteiger partial charge on any atom is -0.352 e. The SMILES string of the molecule is Cc1cnc(CCNC(=O)c2ccc(C#N)cc2)n1C1CC1. The van der Waals surface area contributed by atoms with Gasteiger partial charge >= 0.3 is 0 Å². The first-order valence-corrected chi connectivity index (χ1v) is 7.50. The number of benzene rings is 1. The molecule has 5 nitrogen and oxygen atoms in total. The van der Waals surface area contributed by atoms with Crippen LogP contribution in [0.4, 0.5) is 0 Å². The van der Waals surface area contributed by atoms with Crippen LogP contribution in [0.15, 0.2) is 30.5 Å². The molecule has 0 aliphatic heterocycles. The van der Waals surface area contributed by atoms with E-state index in [0.717, 1.165) is 12.2 Å². The Kier molecular flexibility index (Phi) is 3.92. The standard InChI is InChI=1S/C17H18N4O/c1-12-11-20-16(21(12)15-6-7-15)8-9-19-17(22)14-4-2-13(10-18)3-5-14/h2-5,11,15H,6-9H2,1H3,(H,19,22). The van der Waals surface area contributed by atoms with E-state index in [1.54, 1.807) is 24.3 Å². The molecule has 112 valence electrons. The molecule has 1 saturated carbocycles. The highest BCUT2D eigenvalue weighted by molar-refractivity contribution is 5.94. The van der Waals surface area contributed by atoms with Crippen LogP contribution in [0.3, 0.4) is 0 Å². The number of amides is 1. The van der Waals surface area contributed by atoms with Gasteiger partial charge in [-0.2, -0.15) is 5.26 Å². The molecule has 5 heteroatoms. The number of nitriles is 1. The third-order valence-corrected chi connectivity index (χ3v) is 3.88. The highest BCUT2D eigenvalue weighted by Gasteiger charge is 2.26. The van der Waals surface area contributed by atoms with E-state index in [-0.39, 0.29) is 5.91 Å². The van der Waals surface area contributed by atoms with Gasteiger partial charge in [-0.3, -0.25) is 4.79 Å².